The number of para-hydroxylation sites is 1. The number of hydrogen-bond acceptors (Lipinski definition) is 4. The van der Waals surface area contributed by atoms with E-state index in [1.165, 1.54) is 0 Å². The van der Waals surface area contributed by atoms with Gasteiger partial charge in [-0.3, -0.25) is 9.59 Å². The molecule has 2 aliphatic rings. The van der Waals surface area contributed by atoms with Gasteiger partial charge in [-0.2, -0.15) is 0 Å². The highest BCUT2D eigenvalue weighted by molar-refractivity contribution is 6.36. The summed E-state index contributed by atoms with van der Waals surface area (Å²) >= 11 is 13.7. The van der Waals surface area contributed by atoms with Crippen molar-refractivity contribution in [2.45, 2.75) is 0 Å². The predicted octanol–water partition coefficient (Wildman–Crippen LogP) is 15.7. The SMILES string of the molecule is O=C1c2ccccc2-c2c1c(Nc1ccc(-c3cccc(-c4ccc5cc(Nc6ccccc6Cl)c6c(c5c4)-c4ccc5ccccc5c4C6=O)c3)cc1Cl)cc1ccccc21. The van der Waals surface area contributed by atoms with E-state index in [9.17, 15) is 9.59 Å². The van der Waals surface area contributed by atoms with Gasteiger partial charge in [0, 0.05) is 22.3 Å². The van der Waals surface area contributed by atoms with Crippen LogP contribution >= 0.6 is 23.2 Å². The number of benzene rings is 10. The molecule has 0 spiro atoms. The van der Waals surface area contributed by atoms with Crippen LogP contribution in [0.2, 0.25) is 10.0 Å². The van der Waals surface area contributed by atoms with Crippen molar-refractivity contribution < 1.29 is 9.59 Å². The van der Waals surface area contributed by atoms with Crippen LogP contribution in [0.25, 0.3) is 76.8 Å². The Morgan fingerprint density at radius 3 is 1.61 bits per heavy atom. The van der Waals surface area contributed by atoms with E-state index in [0.29, 0.717) is 32.4 Å². The number of rotatable bonds is 6. The molecule has 292 valence electrons. The molecule has 0 saturated carbocycles. The quantitative estimate of drug-likeness (QED) is 0.175. The zero-order valence-corrected chi connectivity index (χ0v) is 34.4. The minimum Gasteiger partial charge on any atom is -0.354 e. The summed E-state index contributed by atoms with van der Waals surface area (Å²) in [7, 11) is 0. The zero-order chi connectivity index (χ0) is 41.6. The molecule has 0 saturated heterocycles. The lowest BCUT2D eigenvalue weighted by molar-refractivity contribution is 0.103. The van der Waals surface area contributed by atoms with Gasteiger partial charge in [0.2, 0.25) is 0 Å². The van der Waals surface area contributed by atoms with Crippen molar-refractivity contribution in [3.63, 3.8) is 0 Å². The molecule has 0 fully saturated rings. The highest BCUT2D eigenvalue weighted by Gasteiger charge is 2.34. The number of fused-ring (bicyclic) bond motifs is 12. The maximum absolute atomic E-state index is 14.6. The number of hydrogen-bond donors (Lipinski definition) is 2. The van der Waals surface area contributed by atoms with Crippen LogP contribution in [0, 0.1) is 0 Å². The minimum atomic E-state index is -0.00726. The molecule has 2 aliphatic carbocycles. The Bertz CT molecular complexity index is 3610. The van der Waals surface area contributed by atoms with Crippen molar-refractivity contribution in [1.29, 1.82) is 0 Å². The lowest BCUT2D eigenvalue weighted by Gasteiger charge is -2.16. The van der Waals surface area contributed by atoms with Crippen molar-refractivity contribution in [2.75, 3.05) is 10.6 Å². The van der Waals surface area contributed by atoms with Crippen LogP contribution in [0.1, 0.15) is 31.8 Å². The van der Waals surface area contributed by atoms with E-state index in [2.05, 4.69) is 89.5 Å². The molecule has 0 unspecified atom stereocenters. The number of anilines is 4. The molecule has 6 heteroatoms. The summed E-state index contributed by atoms with van der Waals surface area (Å²) in [5, 5.41) is 14.2. The molecule has 0 aliphatic heterocycles. The van der Waals surface area contributed by atoms with Crippen LogP contribution in [0.3, 0.4) is 0 Å². The fraction of sp³-hybridized carbons (Fsp3) is 0. The molecule has 12 rings (SSSR count). The lowest BCUT2D eigenvalue weighted by Crippen LogP contribution is -2.03. The standard InChI is InChI=1S/C56H32Cl2N2O2/c57-44-18-7-8-19-46(44)59-49-30-37-21-20-34(27-43(37)51-42-24-22-31-10-1-3-14-38(31)52(42)56(62)54(49)51)32-12-9-13-33(26-32)35-23-25-47(45(58)28-35)60-48-29-36-11-2-4-15-39(36)50-40-16-5-6-17-41(40)55(61)53(48)50/h1-30,59-60H. The highest BCUT2D eigenvalue weighted by Crippen LogP contribution is 2.50. The van der Waals surface area contributed by atoms with E-state index in [1.807, 2.05) is 103 Å². The van der Waals surface area contributed by atoms with Crippen LogP contribution in [0.4, 0.5) is 22.7 Å². The van der Waals surface area contributed by atoms with Gasteiger partial charge in [0.05, 0.1) is 43.9 Å². The van der Waals surface area contributed by atoms with Crippen LogP contribution in [-0.4, -0.2) is 11.6 Å². The van der Waals surface area contributed by atoms with Crippen LogP contribution in [0.15, 0.2) is 182 Å². The van der Waals surface area contributed by atoms with Gasteiger partial charge in [0.15, 0.2) is 11.6 Å². The summed E-state index contributed by atoms with van der Waals surface area (Å²) in [6.07, 6.45) is 0. The van der Waals surface area contributed by atoms with Crippen molar-refractivity contribution in [2.24, 2.45) is 0 Å². The molecule has 10 aromatic carbocycles. The topological polar surface area (TPSA) is 58.2 Å². The van der Waals surface area contributed by atoms with Crippen LogP contribution < -0.4 is 10.6 Å². The van der Waals surface area contributed by atoms with Crippen molar-refractivity contribution in [3.05, 3.63) is 214 Å². The van der Waals surface area contributed by atoms with Crippen LogP contribution in [0.5, 0.6) is 0 Å². The second-order valence-electron chi connectivity index (χ2n) is 15.9. The first kappa shape index (κ1) is 36.4. The predicted molar refractivity (Wildman–Crippen MR) is 257 cm³/mol. The molecule has 0 atom stereocenters. The Morgan fingerprint density at radius 1 is 0.306 bits per heavy atom. The van der Waals surface area contributed by atoms with E-state index < -0.39 is 0 Å². The Balaban J connectivity index is 0.927. The second-order valence-corrected chi connectivity index (χ2v) is 16.7. The first-order chi connectivity index (χ1) is 30.4. The third-order valence-electron chi connectivity index (χ3n) is 12.4. The van der Waals surface area contributed by atoms with Crippen molar-refractivity contribution in [1.82, 2.24) is 0 Å². The van der Waals surface area contributed by atoms with Crippen LogP contribution in [-0.2, 0) is 0 Å². The average Bonchev–Trinajstić information content (AvgIpc) is 3.79. The fourth-order valence-corrected chi connectivity index (χ4v) is 9.97. The van der Waals surface area contributed by atoms with Crippen molar-refractivity contribution in [3.8, 4) is 44.5 Å². The van der Waals surface area contributed by atoms with Gasteiger partial charge in [-0.05, 0) is 114 Å². The van der Waals surface area contributed by atoms with E-state index >= 15 is 0 Å². The fourth-order valence-electron chi connectivity index (χ4n) is 9.56. The van der Waals surface area contributed by atoms with E-state index in [1.54, 1.807) is 0 Å². The third-order valence-corrected chi connectivity index (χ3v) is 13.1. The molecular weight excluding hydrogens is 804 g/mol. The second kappa shape index (κ2) is 14.0. The Morgan fingerprint density at radius 2 is 0.855 bits per heavy atom. The number of carbonyl (C=O) groups excluding carboxylic acids is 2. The molecular formula is C56H32Cl2N2O2. The molecule has 0 radical (unpaired) electrons. The largest absolute Gasteiger partial charge is 0.354 e. The number of carbonyl (C=O) groups is 2. The summed E-state index contributed by atoms with van der Waals surface area (Å²) in [4.78, 5) is 28.5. The lowest BCUT2D eigenvalue weighted by atomic mass is 9.92. The maximum Gasteiger partial charge on any atom is 0.197 e. The van der Waals surface area contributed by atoms with Gasteiger partial charge in [-0.15, -0.1) is 0 Å². The Kier molecular flexibility index (Phi) is 8.23. The van der Waals surface area contributed by atoms with Crippen molar-refractivity contribution >= 4 is 89.8 Å². The van der Waals surface area contributed by atoms with Gasteiger partial charge in [0.25, 0.3) is 0 Å². The highest BCUT2D eigenvalue weighted by atomic mass is 35.5. The van der Waals surface area contributed by atoms with E-state index in [0.717, 1.165) is 99.5 Å². The molecule has 0 bridgehead atoms. The Hall–Kier alpha value is -7.50. The molecule has 4 nitrogen and oxygen atoms in total. The molecule has 2 N–H and O–H groups in total. The minimum absolute atomic E-state index is 0.00515. The van der Waals surface area contributed by atoms with Gasteiger partial charge in [0.1, 0.15) is 0 Å². The molecule has 0 heterocycles. The monoisotopic (exact) mass is 834 g/mol. The summed E-state index contributed by atoms with van der Waals surface area (Å²) in [5.41, 5.74) is 13.4. The summed E-state index contributed by atoms with van der Waals surface area (Å²) in [6.45, 7) is 0. The molecule has 0 aromatic heterocycles. The normalized spacial score (nSPS) is 12.4. The van der Waals surface area contributed by atoms with Gasteiger partial charge in [-0.25, -0.2) is 0 Å². The number of nitrogens with one attached hydrogen (secondary N) is 2. The zero-order valence-electron chi connectivity index (χ0n) is 32.9. The molecule has 0 amide bonds. The molecule has 10 aromatic rings. The van der Waals surface area contributed by atoms with Gasteiger partial charge >= 0.3 is 0 Å². The number of halogens is 2. The van der Waals surface area contributed by atoms with Gasteiger partial charge < -0.3 is 10.6 Å². The summed E-state index contributed by atoms with van der Waals surface area (Å²) < 4.78 is 0. The van der Waals surface area contributed by atoms with E-state index in [4.69, 9.17) is 23.2 Å². The smallest absolute Gasteiger partial charge is 0.197 e. The maximum atomic E-state index is 14.6. The third kappa shape index (κ3) is 5.61. The summed E-state index contributed by atoms with van der Waals surface area (Å²) in [5.74, 6) is -0.00210. The molecule has 62 heavy (non-hydrogen) atoms. The van der Waals surface area contributed by atoms with E-state index in [-0.39, 0.29) is 11.6 Å². The average molecular weight is 836 g/mol. The first-order valence-corrected chi connectivity index (χ1v) is 21.2. The first-order valence-electron chi connectivity index (χ1n) is 20.5. The Labute approximate surface area is 367 Å². The number of ketones is 2. The summed E-state index contributed by atoms with van der Waals surface area (Å²) in [6, 6.07) is 60.8. The van der Waals surface area contributed by atoms with Gasteiger partial charge in [-0.1, -0.05) is 157 Å².